The monoisotopic (exact) mass is 1160 g/mol. The molecular weight excluding hydrogens is 1090 g/mol. The van der Waals surface area contributed by atoms with Crippen LogP contribution in [0.5, 0.6) is 0 Å². The van der Waals surface area contributed by atoms with E-state index in [1.165, 1.54) is 22.1 Å². The number of nitrogens with zero attached hydrogens (tertiary/aromatic N) is 11. The maximum absolute atomic E-state index is 4.66. The fraction of sp³-hybridized carbons (Fsp3) is 0.0897. The molecule has 0 unspecified atom stereocenters. The van der Waals surface area contributed by atoms with E-state index in [1.54, 1.807) is 24.8 Å². The Bertz CT molecular complexity index is 3720. The summed E-state index contributed by atoms with van der Waals surface area (Å²) in [5.41, 5.74) is 16.2. The Morgan fingerprint density at radius 1 is 0.247 bits per heavy atom. The van der Waals surface area contributed by atoms with Gasteiger partial charge in [0.2, 0.25) is 0 Å². The molecule has 11 heteroatoms. The predicted molar refractivity (Wildman–Crippen MR) is 364 cm³/mol. The summed E-state index contributed by atoms with van der Waals surface area (Å²) in [4.78, 5) is 47.5. The molecule has 0 saturated carbocycles. The Kier molecular flexibility index (Phi) is 24.7. The summed E-state index contributed by atoms with van der Waals surface area (Å²) in [5.74, 6) is 3.73. The van der Waals surface area contributed by atoms with Crippen molar-refractivity contribution >= 4 is 10.9 Å². The molecule has 11 nitrogen and oxygen atoms in total. The third-order valence-corrected chi connectivity index (χ3v) is 13.1. The van der Waals surface area contributed by atoms with Crippen LogP contribution in [0.2, 0.25) is 0 Å². The maximum Gasteiger partial charge on any atom is 0.163 e. The predicted octanol–water partition coefficient (Wildman–Crippen LogP) is 18.5. The van der Waals surface area contributed by atoms with Crippen molar-refractivity contribution in [3.8, 4) is 67.9 Å². The molecule has 89 heavy (non-hydrogen) atoms. The van der Waals surface area contributed by atoms with Gasteiger partial charge in [0, 0.05) is 87.3 Å². The Balaban J connectivity index is 0.000000140. The summed E-state index contributed by atoms with van der Waals surface area (Å²) >= 11 is 0. The highest BCUT2D eigenvalue weighted by Gasteiger charge is 2.09. The van der Waals surface area contributed by atoms with Crippen molar-refractivity contribution in [2.24, 2.45) is 0 Å². The Morgan fingerprint density at radius 3 is 1.08 bits per heavy atom. The molecule has 7 heterocycles. The lowest BCUT2D eigenvalue weighted by molar-refractivity contribution is 0.992. The molecule has 7 aromatic heterocycles. The molecule has 0 saturated heterocycles. The van der Waals surface area contributed by atoms with E-state index in [0.717, 1.165) is 84.8 Å². The van der Waals surface area contributed by atoms with Crippen LogP contribution in [0.4, 0.5) is 0 Å². The van der Waals surface area contributed by atoms with Crippen molar-refractivity contribution < 1.29 is 0 Å². The van der Waals surface area contributed by atoms with Crippen molar-refractivity contribution in [3.63, 3.8) is 0 Å². The van der Waals surface area contributed by atoms with Crippen LogP contribution < -0.4 is 0 Å². The van der Waals surface area contributed by atoms with Crippen LogP contribution in [0.15, 0.2) is 304 Å². The summed E-state index contributed by atoms with van der Waals surface area (Å²) in [7, 11) is 0. The van der Waals surface area contributed by atoms with Crippen LogP contribution in [0.25, 0.3) is 78.8 Å². The van der Waals surface area contributed by atoms with Crippen molar-refractivity contribution in [2.75, 3.05) is 0 Å². The Hall–Kier alpha value is -11.4. The summed E-state index contributed by atoms with van der Waals surface area (Å²) < 4.78 is 0. The van der Waals surface area contributed by atoms with E-state index in [4.69, 9.17) is 0 Å². The standard InChI is InChI=1S/2C17H14N2.C16H13N3.C10H9N.3C6H7N/c1-13-18-16(14-8-4-2-5-9-14)12-17(19-13)15-10-6-3-7-11-15;1-13-12-16(14-8-4-2-5-9-14)19-17(18-13)15-10-6-3-7-11-15;1-12-17-15(13-8-4-2-5-9-13)19-16(18-12)14-10-6-3-7-11-14;1-8-4-2-6-10-9(8)5-3-7-11-10;1-6-2-4-7-5-3-6;1-6-3-2-4-7-5-6;1-6-4-2-3-5-7-6/h2*2-12H,1H3;2-11H,1H3;2-7H,1H3;3*2-5H,1H3. The van der Waals surface area contributed by atoms with Gasteiger partial charge in [0.25, 0.3) is 0 Å². The first-order chi connectivity index (χ1) is 43.5. The molecule has 0 amide bonds. The number of pyridine rings is 4. The van der Waals surface area contributed by atoms with Crippen LogP contribution in [-0.4, -0.2) is 54.8 Å². The number of rotatable bonds is 6. The van der Waals surface area contributed by atoms with Gasteiger partial charge in [-0.15, -0.1) is 0 Å². The van der Waals surface area contributed by atoms with Gasteiger partial charge in [0.15, 0.2) is 17.5 Å². The highest BCUT2D eigenvalue weighted by molar-refractivity contribution is 5.81. The smallest absolute Gasteiger partial charge is 0.163 e. The zero-order valence-corrected chi connectivity index (χ0v) is 51.3. The van der Waals surface area contributed by atoms with Gasteiger partial charge in [-0.3, -0.25) is 19.9 Å². The van der Waals surface area contributed by atoms with Gasteiger partial charge in [-0.2, -0.15) is 0 Å². The minimum atomic E-state index is 0.715. The second-order valence-corrected chi connectivity index (χ2v) is 20.3. The van der Waals surface area contributed by atoms with Gasteiger partial charge in [0.05, 0.1) is 22.6 Å². The molecule has 7 aromatic carbocycles. The minimum absolute atomic E-state index is 0.715. The number of benzene rings is 7. The molecule has 0 spiro atoms. The fourth-order valence-electron chi connectivity index (χ4n) is 8.62. The zero-order chi connectivity index (χ0) is 62.3. The largest absolute Gasteiger partial charge is 0.265 e. The van der Waals surface area contributed by atoms with E-state index in [2.05, 4.69) is 110 Å². The lowest BCUT2D eigenvalue weighted by Crippen LogP contribution is -1.99. The number of hydrogen-bond acceptors (Lipinski definition) is 11. The Labute approximate surface area is 523 Å². The first-order valence-electron chi connectivity index (χ1n) is 29.2. The summed E-state index contributed by atoms with van der Waals surface area (Å²) in [6, 6.07) is 88.6. The molecule has 0 aliphatic heterocycles. The fourth-order valence-corrected chi connectivity index (χ4v) is 8.62. The lowest BCUT2D eigenvalue weighted by Gasteiger charge is -2.06. The minimum Gasteiger partial charge on any atom is -0.265 e. The van der Waals surface area contributed by atoms with Crippen molar-refractivity contribution in [1.29, 1.82) is 0 Å². The molecule has 0 N–H and O–H groups in total. The van der Waals surface area contributed by atoms with Crippen molar-refractivity contribution in [3.05, 3.63) is 344 Å². The van der Waals surface area contributed by atoms with E-state index in [-0.39, 0.29) is 0 Å². The molecular formula is C78H71N11. The molecule has 0 bridgehead atoms. The van der Waals surface area contributed by atoms with Crippen LogP contribution in [0, 0.1) is 48.5 Å². The first-order valence-corrected chi connectivity index (χ1v) is 29.2. The molecule has 0 aliphatic rings. The van der Waals surface area contributed by atoms with E-state index in [1.807, 2.05) is 272 Å². The average molecular weight is 1160 g/mol. The number of aromatic nitrogens is 11. The molecule has 438 valence electrons. The highest BCUT2D eigenvalue weighted by atomic mass is 15.0. The van der Waals surface area contributed by atoms with Gasteiger partial charge >= 0.3 is 0 Å². The first kappa shape index (κ1) is 63.6. The average Bonchev–Trinajstić information content (AvgIpc) is 3.76. The van der Waals surface area contributed by atoms with Gasteiger partial charge in [-0.25, -0.2) is 34.9 Å². The number of aryl methyl sites for hydroxylation is 7. The zero-order valence-electron chi connectivity index (χ0n) is 51.3. The topological polar surface area (TPSA) is 142 Å². The number of fused-ring (bicyclic) bond motifs is 1. The third-order valence-electron chi connectivity index (χ3n) is 13.1. The lowest BCUT2D eigenvalue weighted by atomic mass is 10.1. The Morgan fingerprint density at radius 2 is 0.685 bits per heavy atom. The maximum atomic E-state index is 4.66. The van der Waals surface area contributed by atoms with Crippen molar-refractivity contribution in [2.45, 2.75) is 48.5 Å². The summed E-state index contributed by atoms with van der Waals surface area (Å²) in [5, 5.41) is 1.25. The van der Waals surface area contributed by atoms with Crippen LogP contribution in [0.3, 0.4) is 0 Å². The van der Waals surface area contributed by atoms with E-state index >= 15 is 0 Å². The summed E-state index contributed by atoms with van der Waals surface area (Å²) in [6.45, 7) is 14.0. The highest BCUT2D eigenvalue weighted by Crippen LogP contribution is 2.25. The number of hydrogen-bond donors (Lipinski definition) is 0. The van der Waals surface area contributed by atoms with Crippen molar-refractivity contribution in [1.82, 2.24) is 54.8 Å². The van der Waals surface area contributed by atoms with E-state index in [0.29, 0.717) is 11.6 Å². The second-order valence-electron chi connectivity index (χ2n) is 20.3. The third kappa shape index (κ3) is 21.2. The van der Waals surface area contributed by atoms with Gasteiger partial charge in [-0.05, 0) is 120 Å². The second kappa shape index (κ2) is 34.5. The SMILES string of the molecule is Cc1cc(-c2ccccc2)nc(-c2ccccc2)n1.Cc1cccc2ncccc12.Cc1ccccn1.Cc1cccnc1.Cc1ccncc1.Cc1nc(-c2ccccc2)cc(-c2ccccc2)n1.Cc1nc(-c2ccccc2)nc(-c2ccccc2)n1. The van der Waals surface area contributed by atoms with Crippen LogP contribution in [0.1, 0.15) is 39.7 Å². The van der Waals surface area contributed by atoms with E-state index < -0.39 is 0 Å². The molecule has 14 aromatic rings. The van der Waals surface area contributed by atoms with Gasteiger partial charge in [-0.1, -0.05) is 212 Å². The quantitative estimate of drug-likeness (QED) is 0.157. The summed E-state index contributed by atoms with van der Waals surface area (Å²) in [6.07, 6.45) is 10.8. The molecule has 0 atom stereocenters. The van der Waals surface area contributed by atoms with Crippen LogP contribution >= 0.6 is 0 Å². The molecule has 14 rings (SSSR count). The van der Waals surface area contributed by atoms with Gasteiger partial charge in [0.1, 0.15) is 11.6 Å². The normalized spacial score (nSPS) is 9.97. The van der Waals surface area contributed by atoms with Gasteiger partial charge < -0.3 is 0 Å². The molecule has 0 aliphatic carbocycles. The molecule has 0 fully saturated rings. The van der Waals surface area contributed by atoms with E-state index in [9.17, 15) is 0 Å². The van der Waals surface area contributed by atoms with Crippen LogP contribution in [-0.2, 0) is 0 Å². The molecule has 0 radical (unpaired) electrons.